The van der Waals surface area contributed by atoms with Crippen LogP contribution in [0.25, 0.3) is 10.9 Å². The average molecular weight is 295 g/mol. The highest BCUT2D eigenvalue weighted by Gasteiger charge is 2.08. The van der Waals surface area contributed by atoms with E-state index >= 15 is 0 Å². The summed E-state index contributed by atoms with van der Waals surface area (Å²) in [6, 6.07) is 5.06. The summed E-state index contributed by atoms with van der Waals surface area (Å²) in [5.74, 6) is 0.223. The third kappa shape index (κ3) is 4.73. The van der Waals surface area contributed by atoms with Crippen LogP contribution in [0.15, 0.2) is 24.4 Å². The third-order valence-electron chi connectivity index (χ3n) is 3.76. The van der Waals surface area contributed by atoms with E-state index in [-0.39, 0.29) is 5.75 Å². The molecule has 0 aliphatic rings. The number of fused-ring (bicyclic) bond motifs is 1. The highest BCUT2D eigenvalue weighted by Crippen LogP contribution is 2.26. The van der Waals surface area contributed by atoms with Crippen molar-refractivity contribution in [2.24, 2.45) is 0 Å². The lowest BCUT2D eigenvalue weighted by Gasteiger charge is -2.05. The minimum Gasteiger partial charge on any atom is -0.435 e. The number of aryl methyl sites for hydroxylation is 1. The summed E-state index contributed by atoms with van der Waals surface area (Å²) < 4.78 is 29.0. The molecule has 1 aromatic carbocycles. The summed E-state index contributed by atoms with van der Waals surface area (Å²) in [7, 11) is 0. The fourth-order valence-corrected chi connectivity index (χ4v) is 2.64. The van der Waals surface area contributed by atoms with Crippen LogP contribution < -0.4 is 4.74 Å². The molecule has 0 aliphatic heterocycles. The van der Waals surface area contributed by atoms with Gasteiger partial charge in [0.2, 0.25) is 0 Å². The van der Waals surface area contributed by atoms with Crippen LogP contribution in [0.2, 0.25) is 0 Å². The minimum absolute atomic E-state index is 0.223. The molecule has 0 atom stereocenters. The molecule has 1 aromatic heterocycles. The maximum atomic E-state index is 12.3. The van der Waals surface area contributed by atoms with Gasteiger partial charge in [-0.05, 0) is 36.6 Å². The zero-order chi connectivity index (χ0) is 15.1. The largest absolute Gasteiger partial charge is 0.435 e. The van der Waals surface area contributed by atoms with Crippen LogP contribution in [0.5, 0.6) is 5.75 Å². The Morgan fingerprint density at radius 1 is 1.10 bits per heavy atom. The van der Waals surface area contributed by atoms with Crippen molar-refractivity contribution in [1.29, 1.82) is 0 Å². The number of alkyl halides is 2. The second kappa shape index (κ2) is 8.01. The van der Waals surface area contributed by atoms with E-state index in [1.807, 2.05) is 6.20 Å². The van der Waals surface area contributed by atoms with Crippen LogP contribution >= 0.6 is 0 Å². The van der Waals surface area contributed by atoms with E-state index in [0.29, 0.717) is 0 Å². The summed E-state index contributed by atoms with van der Waals surface area (Å²) in [6.45, 7) is -0.561. The van der Waals surface area contributed by atoms with Crippen molar-refractivity contribution in [3.8, 4) is 5.75 Å². The van der Waals surface area contributed by atoms with Gasteiger partial charge < -0.3 is 9.72 Å². The number of halogens is 2. The normalized spacial score (nSPS) is 11.4. The molecule has 0 unspecified atom stereocenters. The summed E-state index contributed by atoms with van der Waals surface area (Å²) in [5, 5.41) is 0.988. The summed E-state index contributed by atoms with van der Waals surface area (Å²) >= 11 is 0. The number of unbranched alkanes of at least 4 members (excludes halogenated alkanes) is 5. The predicted octanol–water partition coefficient (Wildman–Crippen LogP) is 5.67. The van der Waals surface area contributed by atoms with E-state index in [4.69, 9.17) is 0 Å². The number of nitrogens with one attached hydrogen (secondary N) is 1. The van der Waals surface area contributed by atoms with Crippen LogP contribution in [0.1, 0.15) is 51.0 Å². The molecule has 0 radical (unpaired) electrons. The number of aromatic nitrogens is 1. The molecule has 0 saturated heterocycles. The molecule has 0 amide bonds. The Kier molecular flexibility index (Phi) is 6.03. The lowest BCUT2D eigenvalue weighted by atomic mass is 10.0. The van der Waals surface area contributed by atoms with Crippen LogP contribution in [-0.4, -0.2) is 11.6 Å². The Balaban J connectivity index is 1.93. The van der Waals surface area contributed by atoms with Gasteiger partial charge in [-0.25, -0.2) is 0 Å². The van der Waals surface area contributed by atoms with Gasteiger partial charge in [-0.15, -0.1) is 0 Å². The predicted molar refractivity (Wildman–Crippen MR) is 82.0 cm³/mol. The van der Waals surface area contributed by atoms with Crippen molar-refractivity contribution in [2.45, 2.75) is 58.5 Å². The van der Waals surface area contributed by atoms with Crippen LogP contribution in [0, 0.1) is 0 Å². The summed E-state index contributed by atoms with van der Waals surface area (Å²) in [4.78, 5) is 3.19. The highest BCUT2D eigenvalue weighted by atomic mass is 19.3. The molecule has 21 heavy (non-hydrogen) atoms. The SMILES string of the molecule is CCCCCCCCc1c[nH]c2ccc(OC(F)F)cc12. The number of ether oxygens (including phenoxy) is 1. The third-order valence-corrected chi connectivity index (χ3v) is 3.76. The number of hydrogen-bond donors (Lipinski definition) is 1. The molecule has 4 heteroatoms. The smallest absolute Gasteiger partial charge is 0.387 e. The lowest BCUT2D eigenvalue weighted by Crippen LogP contribution is -2.01. The lowest BCUT2D eigenvalue weighted by molar-refractivity contribution is -0.0497. The quantitative estimate of drug-likeness (QED) is 0.592. The zero-order valence-electron chi connectivity index (χ0n) is 12.5. The van der Waals surface area contributed by atoms with E-state index in [1.54, 1.807) is 18.2 Å². The van der Waals surface area contributed by atoms with Gasteiger partial charge in [0.1, 0.15) is 5.75 Å². The standard InChI is InChI=1S/C17H23F2NO/c1-2-3-4-5-6-7-8-13-12-20-16-10-9-14(11-15(13)16)21-17(18)19/h9-12,17,20H,2-8H2,1H3. The molecule has 1 heterocycles. The molecule has 2 rings (SSSR count). The van der Waals surface area contributed by atoms with Crippen molar-refractivity contribution >= 4 is 10.9 Å². The number of rotatable bonds is 9. The van der Waals surface area contributed by atoms with Gasteiger partial charge >= 0.3 is 6.61 Å². The Hall–Kier alpha value is -1.58. The van der Waals surface area contributed by atoms with Crippen molar-refractivity contribution in [2.75, 3.05) is 0 Å². The van der Waals surface area contributed by atoms with Crippen LogP contribution in [-0.2, 0) is 6.42 Å². The Morgan fingerprint density at radius 2 is 1.86 bits per heavy atom. The maximum Gasteiger partial charge on any atom is 0.387 e. The number of aromatic amines is 1. The fraction of sp³-hybridized carbons (Fsp3) is 0.529. The van der Waals surface area contributed by atoms with Crippen molar-refractivity contribution in [3.05, 3.63) is 30.0 Å². The van der Waals surface area contributed by atoms with Gasteiger partial charge in [-0.1, -0.05) is 39.0 Å². The van der Waals surface area contributed by atoms with Gasteiger partial charge in [-0.2, -0.15) is 8.78 Å². The first kappa shape index (κ1) is 15.8. The topological polar surface area (TPSA) is 25.0 Å². The van der Waals surface area contributed by atoms with Gasteiger partial charge in [0, 0.05) is 17.1 Å². The van der Waals surface area contributed by atoms with E-state index in [9.17, 15) is 8.78 Å². The second-order valence-corrected chi connectivity index (χ2v) is 5.42. The molecular formula is C17H23F2NO. The zero-order valence-corrected chi connectivity index (χ0v) is 12.5. The summed E-state index contributed by atoms with van der Waals surface area (Å²) in [6.07, 6.45) is 10.5. The Labute approximate surface area is 124 Å². The highest BCUT2D eigenvalue weighted by molar-refractivity contribution is 5.84. The van der Waals surface area contributed by atoms with Crippen LogP contribution in [0.4, 0.5) is 8.78 Å². The number of benzene rings is 1. The van der Waals surface area contributed by atoms with Crippen LogP contribution in [0.3, 0.4) is 0 Å². The second-order valence-electron chi connectivity index (χ2n) is 5.42. The monoisotopic (exact) mass is 295 g/mol. The summed E-state index contributed by atoms with van der Waals surface area (Å²) in [5.41, 5.74) is 2.15. The molecule has 0 fully saturated rings. The minimum atomic E-state index is -2.77. The molecule has 0 bridgehead atoms. The Bertz CT molecular complexity index is 551. The average Bonchev–Trinajstić information content (AvgIpc) is 2.85. The molecule has 2 nitrogen and oxygen atoms in total. The van der Waals surface area contributed by atoms with Gasteiger partial charge in [0.25, 0.3) is 0 Å². The first-order valence-electron chi connectivity index (χ1n) is 7.75. The molecule has 1 N–H and O–H groups in total. The van der Waals surface area contributed by atoms with E-state index < -0.39 is 6.61 Å². The number of H-pyrrole nitrogens is 1. The van der Waals surface area contributed by atoms with E-state index in [1.165, 1.54) is 37.7 Å². The fourth-order valence-electron chi connectivity index (χ4n) is 2.64. The molecule has 2 aromatic rings. The molecule has 0 aliphatic carbocycles. The van der Waals surface area contributed by atoms with Gasteiger partial charge in [-0.3, -0.25) is 0 Å². The van der Waals surface area contributed by atoms with E-state index in [0.717, 1.165) is 23.7 Å². The first-order chi connectivity index (χ1) is 10.2. The first-order valence-corrected chi connectivity index (χ1v) is 7.75. The van der Waals surface area contributed by atoms with Crippen molar-refractivity contribution in [1.82, 2.24) is 4.98 Å². The van der Waals surface area contributed by atoms with Crippen molar-refractivity contribution < 1.29 is 13.5 Å². The van der Waals surface area contributed by atoms with Crippen molar-refractivity contribution in [3.63, 3.8) is 0 Å². The van der Waals surface area contributed by atoms with Gasteiger partial charge in [0.15, 0.2) is 0 Å². The molecule has 0 saturated carbocycles. The molecule has 0 spiro atoms. The maximum absolute atomic E-state index is 12.3. The van der Waals surface area contributed by atoms with E-state index in [2.05, 4.69) is 16.6 Å². The molecular weight excluding hydrogens is 272 g/mol. The van der Waals surface area contributed by atoms with Gasteiger partial charge in [0.05, 0.1) is 0 Å². The number of hydrogen-bond acceptors (Lipinski definition) is 1. The Morgan fingerprint density at radius 3 is 2.62 bits per heavy atom. The molecule has 116 valence electrons.